The second-order valence-corrected chi connectivity index (χ2v) is 7.69. The van der Waals surface area contributed by atoms with E-state index in [4.69, 9.17) is 5.73 Å². The normalized spacial score (nSPS) is 28.1. The summed E-state index contributed by atoms with van der Waals surface area (Å²) in [5.41, 5.74) is 6.64. The Hall–Kier alpha value is -2.21. The Kier molecular flexibility index (Phi) is 4.53. The molecule has 1 amide bonds. The fourth-order valence-corrected chi connectivity index (χ4v) is 4.87. The highest BCUT2D eigenvalue weighted by Crippen LogP contribution is 2.39. The van der Waals surface area contributed by atoms with Crippen molar-refractivity contribution < 1.29 is 4.79 Å². The van der Waals surface area contributed by atoms with Gasteiger partial charge in [-0.1, -0.05) is 18.6 Å². The van der Waals surface area contributed by atoms with Crippen molar-refractivity contribution in [3.63, 3.8) is 0 Å². The number of nitrogens with one attached hydrogen (secondary N) is 1. The molecular formula is C20H26N4O2. The number of amides is 1. The van der Waals surface area contributed by atoms with Gasteiger partial charge in [0, 0.05) is 24.0 Å². The molecule has 1 heterocycles. The van der Waals surface area contributed by atoms with Crippen molar-refractivity contribution in [3.05, 3.63) is 40.2 Å². The number of hydrogen-bond donors (Lipinski definition) is 2. The standard InChI is InChI=1S/C20H26N4O2/c1-2-24-16-9-4-3-8-15(16)19(25)18(23-24)20(26)22-17-12-6-5-7-13(17)11-14(21)10-12/h3-4,8-9,12-14,17H,2,5-7,10-11,21H2,1H3,(H,22,26). The van der Waals surface area contributed by atoms with Crippen LogP contribution in [0.3, 0.4) is 0 Å². The van der Waals surface area contributed by atoms with Gasteiger partial charge in [0.25, 0.3) is 5.91 Å². The van der Waals surface area contributed by atoms with E-state index in [1.807, 2.05) is 25.1 Å². The molecule has 2 aromatic rings. The molecule has 4 rings (SSSR count). The van der Waals surface area contributed by atoms with Gasteiger partial charge in [0.1, 0.15) is 0 Å². The molecule has 0 aliphatic heterocycles. The first-order valence-electron chi connectivity index (χ1n) is 9.64. The molecule has 0 spiro atoms. The van der Waals surface area contributed by atoms with Crippen molar-refractivity contribution in [2.45, 2.75) is 57.7 Å². The lowest BCUT2D eigenvalue weighted by molar-refractivity contribution is 0.0749. The largest absolute Gasteiger partial charge is 0.347 e. The van der Waals surface area contributed by atoms with E-state index in [9.17, 15) is 9.59 Å². The van der Waals surface area contributed by atoms with E-state index < -0.39 is 0 Å². The van der Waals surface area contributed by atoms with Gasteiger partial charge < -0.3 is 11.1 Å². The third-order valence-electron chi connectivity index (χ3n) is 6.05. The van der Waals surface area contributed by atoms with Crippen LogP contribution in [0.2, 0.25) is 0 Å². The number of nitrogens with two attached hydrogens (primary N) is 1. The van der Waals surface area contributed by atoms with Crippen molar-refractivity contribution in [2.75, 3.05) is 0 Å². The Morgan fingerprint density at radius 2 is 1.96 bits per heavy atom. The van der Waals surface area contributed by atoms with Crippen molar-refractivity contribution in [1.29, 1.82) is 0 Å². The van der Waals surface area contributed by atoms with Crippen LogP contribution in [0, 0.1) is 11.8 Å². The minimum atomic E-state index is -0.347. The number of para-hydroxylation sites is 1. The molecule has 2 fully saturated rings. The molecule has 2 atom stereocenters. The van der Waals surface area contributed by atoms with E-state index >= 15 is 0 Å². The molecule has 2 saturated carbocycles. The van der Waals surface area contributed by atoms with Crippen LogP contribution in [-0.4, -0.2) is 27.8 Å². The molecule has 3 N–H and O–H groups in total. The number of aromatic nitrogens is 2. The summed E-state index contributed by atoms with van der Waals surface area (Å²) in [6, 6.07) is 7.66. The maximum atomic E-state index is 12.9. The highest BCUT2D eigenvalue weighted by atomic mass is 16.2. The first-order valence-corrected chi connectivity index (χ1v) is 9.64. The number of hydrogen-bond acceptors (Lipinski definition) is 4. The van der Waals surface area contributed by atoms with Crippen LogP contribution in [0.4, 0.5) is 0 Å². The number of fused-ring (bicyclic) bond motifs is 3. The van der Waals surface area contributed by atoms with Crippen LogP contribution in [0.1, 0.15) is 49.5 Å². The van der Waals surface area contributed by atoms with E-state index in [2.05, 4.69) is 10.4 Å². The van der Waals surface area contributed by atoms with Crippen LogP contribution in [-0.2, 0) is 6.54 Å². The summed E-state index contributed by atoms with van der Waals surface area (Å²) in [7, 11) is 0. The molecule has 26 heavy (non-hydrogen) atoms. The monoisotopic (exact) mass is 354 g/mol. The molecule has 6 heteroatoms. The molecule has 1 aromatic carbocycles. The number of carbonyl (C=O) groups excluding carboxylic acids is 1. The molecule has 0 radical (unpaired) electrons. The first-order chi connectivity index (χ1) is 12.6. The molecule has 2 aliphatic rings. The van der Waals surface area contributed by atoms with Crippen LogP contribution in [0.5, 0.6) is 0 Å². The maximum Gasteiger partial charge on any atom is 0.276 e. The van der Waals surface area contributed by atoms with Crippen LogP contribution in [0.25, 0.3) is 10.9 Å². The van der Waals surface area contributed by atoms with Gasteiger partial charge in [-0.15, -0.1) is 0 Å². The smallest absolute Gasteiger partial charge is 0.276 e. The van der Waals surface area contributed by atoms with Gasteiger partial charge in [0.15, 0.2) is 5.69 Å². The zero-order valence-electron chi connectivity index (χ0n) is 15.1. The Labute approximate surface area is 152 Å². The topological polar surface area (TPSA) is 90.0 Å². The van der Waals surface area contributed by atoms with Gasteiger partial charge in [0.2, 0.25) is 5.43 Å². The summed E-state index contributed by atoms with van der Waals surface area (Å²) < 4.78 is 1.73. The Morgan fingerprint density at radius 1 is 1.27 bits per heavy atom. The lowest BCUT2D eigenvalue weighted by Gasteiger charge is -2.45. The highest BCUT2D eigenvalue weighted by molar-refractivity contribution is 5.95. The average molecular weight is 354 g/mol. The third kappa shape index (κ3) is 2.92. The fraction of sp³-hybridized carbons (Fsp3) is 0.550. The molecule has 138 valence electrons. The minimum absolute atomic E-state index is 0.00139. The minimum Gasteiger partial charge on any atom is -0.347 e. The number of aryl methyl sites for hydroxylation is 1. The summed E-state index contributed by atoms with van der Waals surface area (Å²) >= 11 is 0. The Balaban J connectivity index is 1.67. The van der Waals surface area contributed by atoms with E-state index in [1.165, 1.54) is 6.42 Å². The van der Waals surface area contributed by atoms with E-state index in [0.29, 0.717) is 23.8 Å². The SMILES string of the molecule is CCn1nc(C(=O)NC2C3CCCC2CC(N)C3)c(=O)c2ccccc21. The van der Waals surface area contributed by atoms with E-state index in [-0.39, 0.29) is 29.1 Å². The molecule has 0 saturated heterocycles. The van der Waals surface area contributed by atoms with Crippen molar-refractivity contribution in [2.24, 2.45) is 17.6 Å². The number of nitrogens with zero attached hydrogens (tertiary/aromatic N) is 2. The second kappa shape index (κ2) is 6.83. The predicted molar refractivity (Wildman–Crippen MR) is 101 cm³/mol. The highest BCUT2D eigenvalue weighted by Gasteiger charge is 2.40. The van der Waals surface area contributed by atoms with Gasteiger partial charge in [-0.25, -0.2) is 0 Å². The fourth-order valence-electron chi connectivity index (χ4n) is 4.87. The summed E-state index contributed by atoms with van der Waals surface area (Å²) in [5, 5.41) is 8.05. The summed E-state index contributed by atoms with van der Waals surface area (Å²) in [5.74, 6) is 0.478. The molecular weight excluding hydrogens is 328 g/mol. The van der Waals surface area contributed by atoms with Crippen LogP contribution < -0.4 is 16.5 Å². The summed E-state index contributed by atoms with van der Waals surface area (Å²) in [6.45, 7) is 2.56. The van der Waals surface area contributed by atoms with Crippen LogP contribution >= 0.6 is 0 Å². The summed E-state index contributed by atoms with van der Waals surface area (Å²) in [4.78, 5) is 25.8. The number of benzene rings is 1. The van der Waals surface area contributed by atoms with Gasteiger partial charge in [-0.3, -0.25) is 14.3 Å². The maximum absolute atomic E-state index is 12.9. The van der Waals surface area contributed by atoms with Crippen molar-refractivity contribution >= 4 is 16.8 Å². The average Bonchev–Trinajstić information content (AvgIpc) is 2.63. The molecule has 1 aromatic heterocycles. The van der Waals surface area contributed by atoms with Gasteiger partial charge in [-0.2, -0.15) is 5.10 Å². The molecule has 2 unspecified atom stereocenters. The molecule has 2 aliphatic carbocycles. The zero-order chi connectivity index (χ0) is 18.3. The Bertz CT molecular complexity index is 877. The first kappa shape index (κ1) is 17.2. The quantitative estimate of drug-likeness (QED) is 0.883. The van der Waals surface area contributed by atoms with Crippen LogP contribution in [0.15, 0.2) is 29.1 Å². The number of rotatable bonds is 3. The van der Waals surface area contributed by atoms with E-state index in [0.717, 1.165) is 31.2 Å². The zero-order valence-corrected chi connectivity index (χ0v) is 15.1. The van der Waals surface area contributed by atoms with Gasteiger partial charge >= 0.3 is 0 Å². The number of carbonyl (C=O) groups is 1. The lowest BCUT2D eigenvalue weighted by Crippen LogP contribution is -2.54. The van der Waals surface area contributed by atoms with Gasteiger partial charge in [0.05, 0.1) is 5.52 Å². The second-order valence-electron chi connectivity index (χ2n) is 7.69. The third-order valence-corrected chi connectivity index (χ3v) is 6.05. The van der Waals surface area contributed by atoms with Crippen molar-refractivity contribution in [3.8, 4) is 0 Å². The van der Waals surface area contributed by atoms with Gasteiger partial charge in [-0.05, 0) is 56.6 Å². The molecule has 2 bridgehead atoms. The predicted octanol–water partition coefficient (Wildman–Crippen LogP) is 2.05. The summed E-state index contributed by atoms with van der Waals surface area (Å²) in [6.07, 6.45) is 5.29. The molecule has 6 nitrogen and oxygen atoms in total. The lowest BCUT2D eigenvalue weighted by atomic mass is 9.67. The van der Waals surface area contributed by atoms with E-state index in [1.54, 1.807) is 10.7 Å². The Morgan fingerprint density at radius 3 is 2.65 bits per heavy atom. The van der Waals surface area contributed by atoms with Crippen molar-refractivity contribution in [1.82, 2.24) is 15.1 Å².